The lowest BCUT2D eigenvalue weighted by atomic mass is 9.41. The molecule has 1 unspecified atom stereocenters. The van der Waals surface area contributed by atoms with Crippen LogP contribution in [0.2, 0.25) is 0 Å². The van der Waals surface area contributed by atoms with Crippen molar-refractivity contribution in [2.75, 3.05) is 0 Å². The average Bonchev–Trinajstić information content (AvgIpc) is 2.93. The maximum Gasteiger partial charge on any atom is 0.237 e. The van der Waals surface area contributed by atoms with E-state index in [1.54, 1.807) is 18.2 Å². The van der Waals surface area contributed by atoms with E-state index in [9.17, 15) is 19.2 Å². The molecule has 1 atom stereocenters. The Labute approximate surface area is 219 Å². The molecule has 8 heteroatoms. The van der Waals surface area contributed by atoms with Crippen LogP contribution >= 0.6 is 0 Å². The summed E-state index contributed by atoms with van der Waals surface area (Å²) in [5.41, 5.74) is -2.42. The van der Waals surface area contributed by atoms with Crippen molar-refractivity contribution in [1.29, 1.82) is 0 Å². The minimum absolute atomic E-state index is 0.125. The first kappa shape index (κ1) is 27.6. The summed E-state index contributed by atoms with van der Waals surface area (Å²) in [6.45, 7) is 0. The van der Waals surface area contributed by atoms with Crippen LogP contribution in [-0.4, -0.2) is 41.6 Å². The van der Waals surface area contributed by atoms with Crippen molar-refractivity contribution in [2.24, 2.45) is 43.1 Å². The molecule has 4 rings (SSSR count). The smallest absolute Gasteiger partial charge is 0.211 e. The summed E-state index contributed by atoms with van der Waals surface area (Å²) < 4.78 is 0. The topological polar surface area (TPSA) is 118 Å². The first-order valence-electron chi connectivity index (χ1n) is 14.5. The van der Waals surface area contributed by atoms with Crippen molar-refractivity contribution in [3.63, 3.8) is 0 Å². The van der Waals surface area contributed by atoms with Gasteiger partial charge in [-0.1, -0.05) is 44.9 Å². The Morgan fingerprint density at radius 2 is 1.05 bits per heavy atom. The maximum atomic E-state index is 12.2. The van der Waals surface area contributed by atoms with Gasteiger partial charge in [-0.3, -0.25) is 0 Å². The van der Waals surface area contributed by atoms with Crippen molar-refractivity contribution >= 4 is 24.3 Å². The number of hydrogen-bond acceptors (Lipinski definition) is 8. The number of isocyanates is 4. The molecule has 8 nitrogen and oxygen atoms in total. The third-order valence-electron chi connectivity index (χ3n) is 10.5. The molecule has 4 fully saturated rings. The SMILES string of the molecule is O=C=NC1CCC(N=C=O)(C(C2CCCCC2)(C2CCCCC2)C2CCCCC2(N=C=O)N=C=O)CC1. The standard InChI is InChI=1S/C29H40N4O4/c34-19-30-25-14-17-27(18-15-25,31-20-35)29(23-9-3-1-4-10-23,24-11-5-2-6-12-24)26-13-7-8-16-28(26,32-21-36)33-22-37/h23-26H,1-18H2. The highest BCUT2D eigenvalue weighted by atomic mass is 16.1. The van der Waals surface area contributed by atoms with E-state index in [-0.39, 0.29) is 23.8 Å². The van der Waals surface area contributed by atoms with Crippen LogP contribution in [0.1, 0.15) is 116 Å². The van der Waals surface area contributed by atoms with E-state index in [1.807, 2.05) is 6.08 Å². The van der Waals surface area contributed by atoms with Gasteiger partial charge >= 0.3 is 0 Å². The van der Waals surface area contributed by atoms with Gasteiger partial charge in [0.1, 0.15) is 0 Å². The summed E-state index contributed by atoms with van der Waals surface area (Å²) in [5.74, 6) is 0.337. The lowest BCUT2D eigenvalue weighted by Crippen LogP contribution is -2.66. The molecule has 200 valence electrons. The van der Waals surface area contributed by atoms with Crippen LogP contribution in [0.3, 0.4) is 0 Å². The van der Waals surface area contributed by atoms with E-state index in [4.69, 9.17) is 4.99 Å². The molecule has 0 bridgehead atoms. The summed E-state index contributed by atoms with van der Waals surface area (Å²) in [5, 5.41) is 0. The maximum absolute atomic E-state index is 12.2. The third kappa shape index (κ3) is 5.01. The van der Waals surface area contributed by atoms with Gasteiger partial charge in [0.2, 0.25) is 24.3 Å². The van der Waals surface area contributed by atoms with Crippen molar-refractivity contribution in [3.05, 3.63) is 0 Å². The highest BCUT2D eigenvalue weighted by Crippen LogP contribution is 2.68. The second-order valence-corrected chi connectivity index (χ2v) is 11.9. The molecular weight excluding hydrogens is 468 g/mol. The predicted molar refractivity (Wildman–Crippen MR) is 138 cm³/mol. The van der Waals surface area contributed by atoms with E-state index in [1.165, 1.54) is 12.8 Å². The van der Waals surface area contributed by atoms with Crippen molar-refractivity contribution in [3.8, 4) is 0 Å². The summed E-state index contributed by atoms with van der Waals surface area (Å²) >= 11 is 0. The highest BCUT2D eigenvalue weighted by Gasteiger charge is 2.68. The predicted octanol–water partition coefficient (Wildman–Crippen LogP) is 6.04. The van der Waals surface area contributed by atoms with Crippen LogP contribution in [0, 0.1) is 23.2 Å². The molecule has 0 radical (unpaired) electrons. The highest BCUT2D eigenvalue weighted by molar-refractivity contribution is 5.41. The van der Waals surface area contributed by atoms with Crippen LogP contribution in [0.25, 0.3) is 0 Å². The van der Waals surface area contributed by atoms with Gasteiger partial charge in [0.05, 0.1) is 11.6 Å². The Morgan fingerprint density at radius 1 is 0.541 bits per heavy atom. The molecule has 0 aromatic rings. The van der Waals surface area contributed by atoms with Gasteiger partial charge in [0, 0.05) is 11.3 Å². The lowest BCUT2D eigenvalue weighted by molar-refractivity contribution is -0.141. The molecular formula is C29H40N4O4. The van der Waals surface area contributed by atoms with Gasteiger partial charge in [-0.15, -0.1) is 0 Å². The number of rotatable bonds is 8. The molecule has 0 aliphatic heterocycles. The van der Waals surface area contributed by atoms with Crippen LogP contribution < -0.4 is 0 Å². The Morgan fingerprint density at radius 3 is 1.54 bits per heavy atom. The largest absolute Gasteiger partial charge is 0.237 e. The Kier molecular flexibility index (Phi) is 9.22. The fourth-order valence-electron chi connectivity index (χ4n) is 9.37. The molecule has 0 amide bonds. The molecule has 37 heavy (non-hydrogen) atoms. The van der Waals surface area contributed by atoms with Crippen LogP contribution in [0.4, 0.5) is 0 Å². The number of nitrogens with zero attached hydrogens (tertiary/aromatic N) is 4. The van der Waals surface area contributed by atoms with Gasteiger partial charge in [0.15, 0.2) is 5.66 Å². The van der Waals surface area contributed by atoms with E-state index < -0.39 is 16.6 Å². The van der Waals surface area contributed by atoms with E-state index >= 15 is 0 Å². The monoisotopic (exact) mass is 508 g/mol. The van der Waals surface area contributed by atoms with Crippen molar-refractivity contribution in [1.82, 2.24) is 0 Å². The Bertz CT molecular complexity index is 945. The first-order chi connectivity index (χ1) is 18.1. The van der Waals surface area contributed by atoms with E-state index in [0.717, 1.165) is 70.6 Å². The zero-order valence-corrected chi connectivity index (χ0v) is 22.0. The van der Waals surface area contributed by atoms with Gasteiger partial charge in [0.25, 0.3) is 0 Å². The molecule has 4 aliphatic carbocycles. The number of carbonyl (C=O) groups excluding carboxylic acids is 4. The molecule has 4 aliphatic rings. The van der Waals surface area contributed by atoms with Crippen LogP contribution in [0.5, 0.6) is 0 Å². The second-order valence-electron chi connectivity index (χ2n) is 11.9. The van der Waals surface area contributed by atoms with Gasteiger partial charge in [-0.25, -0.2) is 24.2 Å². The minimum Gasteiger partial charge on any atom is -0.211 e. The fraction of sp³-hybridized carbons (Fsp3) is 0.862. The Balaban J connectivity index is 2.01. The normalized spacial score (nSPS) is 33.6. The quantitative estimate of drug-likeness (QED) is 0.293. The van der Waals surface area contributed by atoms with Gasteiger partial charge < -0.3 is 0 Å². The zero-order chi connectivity index (χ0) is 26.2. The Hall–Kier alpha value is -2.48. The fourth-order valence-corrected chi connectivity index (χ4v) is 9.37. The molecule has 4 saturated carbocycles. The van der Waals surface area contributed by atoms with E-state index in [0.29, 0.717) is 32.1 Å². The lowest BCUT2D eigenvalue weighted by Gasteiger charge is -2.65. The van der Waals surface area contributed by atoms with Crippen LogP contribution in [-0.2, 0) is 19.2 Å². The van der Waals surface area contributed by atoms with E-state index in [2.05, 4.69) is 15.0 Å². The summed E-state index contributed by atoms with van der Waals surface area (Å²) in [7, 11) is 0. The molecule has 0 N–H and O–H groups in total. The zero-order valence-electron chi connectivity index (χ0n) is 22.0. The average molecular weight is 509 g/mol. The number of hydrogen-bond donors (Lipinski definition) is 0. The molecule has 0 heterocycles. The van der Waals surface area contributed by atoms with Crippen molar-refractivity contribution < 1.29 is 19.2 Å². The molecule has 0 aromatic carbocycles. The van der Waals surface area contributed by atoms with Gasteiger partial charge in [-0.05, 0) is 82.5 Å². The molecule has 0 saturated heterocycles. The first-order valence-corrected chi connectivity index (χ1v) is 14.5. The molecule has 0 spiro atoms. The molecule has 0 aromatic heterocycles. The number of aliphatic imine (C=N–C) groups is 4. The minimum atomic E-state index is -1.22. The second kappa shape index (κ2) is 12.4. The third-order valence-corrected chi connectivity index (χ3v) is 10.5. The summed E-state index contributed by atoms with van der Waals surface area (Å²) in [6.07, 6.45) is 23.8. The summed E-state index contributed by atoms with van der Waals surface area (Å²) in [4.78, 5) is 64.5. The van der Waals surface area contributed by atoms with Gasteiger partial charge in [-0.2, -0.15) is 15.0 Å². The summed E-state index contributed by atoms with van der Waals surface area (Å²) in [6, 6.07) is -0.125. The van der Waals surface area contributed by atoms with Crippen LogP contribution in [0.15, 0.2) is 20.0 Å². The van der Waals surface area contributed by atoms with Crippen molar-refractivity contribution in [2.45, 2.75) is 133 Å².